The molecule has 0 amide bonds. The lowest BCUT2D eigenvalue weighted by molar-refractivity contribution is -0.117. The van der Waals surface area contributed by atoms with Crippen LogP contribution in [0.2, 0.25) is 0 Å². The molecular weight excluding hydrogens is 458 g/mol. The number of piperidine rings is 1. The highest BCUT2D eigenvalue weighted by molar-refractivity contribution is 5.65. The van der Waals surface area contributed by atoms with Crippen LogP contribution in [0.4, 0.5) is 20.4 Å². The third-order valence-corrected chi connectivity index (χ3v) is 5.89. The summed E-state index contributed by atoms with van der Waals surface area (Å²) >= 11 is 0. The number of aliphatic hydroxyl groups is 2. The third kappa shape index (κ3) is 6.36. The number of nitrogens with zero attached hydrogens (tertiary/aromatic N) is 3. The van der Waals surface area contributed by atoms with E-state index in [-0.39, 0.29) is 5.75 Å². The standard InChI is InChI=1S/C25H26F2N4O4/c26-24(27)35-21-9-5-16(6-10-21)18-12-28-25(29-13-18)30-19-7-3-17(4-8-19)22(15-32)23(34)31-11-1-2-20(33)14-31/h3-10,12-13,15,20,22-24,33-34H,1-2,11,14H2,(H,28,29,30). The zero-order valence-electron chi connectivity index (χ0n) is 18.8. The largest absolute Gasteiger partial charge is 0.435 e. The summed E-state index contributed by atoms with van der Waals surface area (Å²) in [6.07, 6.45) is 3.90. The smallest absolute Gasteiger partial charge is 0.387 e. The van der Waals surface area contributed by atoms with Crippen LogP contribution < -0.4 is 10.1 Å². The van der Waals surface area contributed by atoms with Gasteiger partial charge >= 0.3 is 6.61 Å². The van der Waals surface area contributed by atoms with E-state index in [2.05, 4.69) is 20.0 Å². The molecule has 0 saturated carbocycles. The number of halogens is 2. The second kappa shape index (κ2) is 11.3. The van der Waals surface area contributed by atoms with Crippen LogP contribution >= 0.6 is 0 Å². The maximum atomic E-state index is 12.3. The Morgan fingerprint density at radius 1 is 1.06 bits per heavy atom. The first kappa shape index (κ1) is 24.6. The summed E-state index contributed by atoms with van der Waals surface area (Å²) in [7, 11) is 0. The molecule has 3 aromatic rings. The van der Waals surface area contributed by atoms with E-state index in [9.17, 15) is 23.8 Å². The molecular formula is C25H26F2N4O4. The summed E-state index contributed by atoms with van der Waals surface area (Å²) in [5.74, 6) is -0.306. The number of aromatic nitrogens is 2. The number of carbonyl (C=O) groups excluding carboxylic acids is 1. The molecule has 1 aromatic heterocycles. The van der Waals surface area contributed by atoms with Crippen LogP contribution in [0.25, 0.3) is 11.1 Å². The number of aliphatic hydroxyl groups excluding tert-OH is 2. The minimum Gasteiger partial charge on any atom is -0.435 e. The van der Waals surface area contributed by atoms with E-state index < -0.39 is 24.9 Å². The van der Waals surface area contributed by atoms with E-state index in [1.807, 2.05) is 0 Å². The molecule has 8 nitrogen and oxygen atoms in total. The summed E-state index contributed by atoms with van der Waals surface area (Å²) in [6, 6.07) is 13.2. The number of hydrogen-bond donors (Lipinski definition) is 3. The van der Waals surface area contributed by atoms with Crippen molar-refractivity contribution in [2.24, 2.45) is 0 Å². The van der Waals surface area contributed by atoms with Gasteiger partial charge in [0.15, 0.2) is 0 Å². The molecule has 0 radical (unpaired) electrons. The van der Waals surface area contributed by atoms with E-state index >= 15 is 0 Å². The SMILES string of the molecule is O=CC(c1ccc(Nc2ncc(-c3ccc(OC(F)F)cc3)cn2)cc1)C(O)N1CCCC(O)C1. The number of anilines is 2. The van der Waals surface area contributed by atoms with Crippen LogP contribution in [0.1, 0.15) is 24.3 Å². The second-order valence-electron chi connectivity index (χ2n) is 8.31. The van der Waals surface area contributed by atoms with Gasteiger partial charge in [-0.05, 0) is 48.2 Å². The van der Waals surface area contributed by atoms with Gasteiger partial charge in [-0.3, -0.25) is 4.90 Å². The average Bonchev–Trinajstić information content (AvgIpc) is 2.86. The predicted octanol–water partition coefficient (Wildman–Crippen LogP) is 3.55. The van der Waals surface area contributed by atoms with E-state index in [1.165, 1.54) is 12.1 Å². The van der Waals surface area contributed by atoms with Gasteiger partial charge in [-0.2, -0.15) is 8.78 Å². The molecule has 2 aromatic carbocycles. The van der Waals surface area contributed by atoms with Crippen molar-refractivity contribution < 1.29 is 28.5 Å². The van der Waals surface area contributed by atoms with Crippen LogP contribution in [0, 0.1) is 0 Å². The van der Waals surface area contributed by atoms with E-state index in [0.717, 1.165) is 18.3 Å². The van der Waals surface area contributed by atoms with Crippen LogP contribution in [0.3, 0.4) is 0 Å². The van der Waals surface area contributed by atoms with Gasteiger partial charge in [0.25, 0.3) is 0 Å². The molecule has 1 saturated heterocycles. The zero-order valence-corrected chi connectivity index (χ0v) is 18.8. The Labute approximate surface area is 201 Å². The Morgan fingerprint density at radius 2 is 1.74 bits per heavy atom. The topological polar surface area (TPSA) is 108 Å². The molecule has 3 unspecified atom stereocenters. The lowest BCUT2D eigenvalue weighted by atomic mass is 9.96. The average molecular weight is 485 g/mol. The predicted molar refractivity (Wildman–Crippen MR) is 125 cm³/mol. The van der Waals surface area contributed by atoms with Crippen LogP contribution in [-0.2, 0) is 4.79 Å². The van der Waals surface area contributed by atoms with Crippen LogP contribution in [0.15, 0.2) is 60.9 Å². The normalized spacial score (nSPS) is 18.1. The first-order valence-electron chi connectivity index (χ1n) is 11.2. The number of ether oxygens (including phenoxy) is 1. The minimum atomic E-state index is -2.87. The highest BCUT2D eigenvalue weighted by Crippen LogP contribution is 2.26. The van der Waals surface area contributed by atoms with Gasteiger partial charge in [-0.15, -0.1) is 0 Å². The second-order valence-corrected chi connectivity index (χ2v) is 8.31. The molecule has 4 rings (SSSR count). The first-order valence-corrected chi connectivity index (χ1v) is 11.2. The summed E-state index contributed by atoms with van der Waals surface area (Å²) in [6.45, 7) is -1.91. The Kier molecular flexibility index (Phi) is 7.96. The van der Waals surface area contributed by atoms with Gasteiger partial charge in [-0.1, -0.05) is 24.3 Å². The number of benzene rings is 2. The van der Waals surface area contributed by atoms with Gasteiger partial charge in [-0.25, -0.2) is 9.97 Å². The number of rotatable bonds is 9. The Hall–Kier alpha value is -3.47. The fourth-order valence-electron chi connectivity index (χ4n) is 4.06. The molecule has 1 aliphatic rings. The van der Waals surface area contributed by atoms with Gasteiger partial charge in [0.05, 0.1) is 12.0 Å². The van der Waals surface area contributed by atoms with Crippen LogP contribution in [0.5, 0.6) is 5.75 Å². The monoisotopic (exact) mass is 484 g/mol. The Bertz CT molecular complexity index is 1100. The van der Waals surface area contributed by atoms with Crippen molar-refractivity contribution in [2.45, 2.75) is 37.7 Å². The van der Waals surface area contributed by atoms with Crippen molar-refractivity contribution in [3.63, 3.8) is 0 Å². The number of likely N-dealkylation sites (tertiary alicyclic amines) is 1. The molecule has 2 heterocycles. The fraction of sp³-hybridized carbons (Fsp3) is 0.320. The van der Waals surface area contributed by atoms with Gasteiger partial charge in [0, 0.05) is 36.7 Å². The minimum absolute atomic E-state index is 0.0734. The number of alkyl halides is 2. The van der Waals surface area contributed by atoms with Gasteiger partial charge < -0.3 is 25.1 Å². The zero-order chi connectivity index (χ0) is 24.8. The molecule has 184 valence electrons. The number of nitrogens with one attached hydrogen (secondary N) is 1. The number of β-amino-alcohol motifs (C(OH)–C–C–N with tert-alkyl or cyclic N) is 1. The molecule has 3 N–H and O–H groups in total. The lowest BCUT2D eigenvalue weighted by Crippen LogP contribution is -2.47. The Balaban J connectivity index is 1.38. The molecule has 3 atom stereocenters. The molecule has 10 heteroatoms. The highest BCUT2D eigenvalue weighted by atomic mass is 19.3. The molecule has 1 fully saturated rings. The van der Waals surface area contributed by atoms with Crippen molar-refractivity contribution >= 4 is 17.9 Å². The maximum absolute atomic E-state index is 12.3. The summed E-state index contributed by atoms with van der Waals surface area (Å²) < 4.78 is 28.9. The molecule has 0 aliphatic carbocycles. The van der Waals surface area contributed by atoms with Crippen molar-refractivity contribution in [3.8, 4) is 16.9 Å². The fourth-order valence-corrected chi connectivity index (χ4v) is 4.06. The van der Waals surface area contributed by atoms with E-state index in [1.54, 1.807) is 53.7 Å². The molecule has 0 spiro atoms. The first-order chi connectivity index (χ1) is 16.9. The van der Waals surface area contributed by atoms with E-state index in [4.69, 9.17) is 0 Å². The quantitative estimate of drug-likeness (QED) is 0.396. The summed E-state index contributed by atoms with van der Waals surface area (Å²) in [5.41, 5.74) is 2.82. The van der Waals surface area contributed by atoms with E-state index in [0.29, 0.717) is 42.3 Å². The van der Waals surface area contributed by atoms with Gasteiger partial charge in [0.1, 0.15) is 18.3 Å². The Morgan fingerprint density at radius 3 is 2.34 bits per heavy atom. The number of aldehydes is 1. The van der Waals surface area contributed by atoms with Crippen LogP contribution in [-0.4, -0.2) is 63.4 Å². The third-order valence-electron chi connectivity index (χ3n) is 5.89. The summed E-state index contributed by atoms with van der Waals surface area (Å²) in [4.78, 5) is 22.0. The maximum Gasteiger partial charge on any atom is 0.387 e. The van der Waals surface area contributed by atoms with Crippen molar-refractivity contribution in [3.05, 3.63) is 66.5 Å². The molecule has 35 heavy (non-hydrogen) atoms. The molecule has 1 aliphatic heterocycles. The molecule has 0 bridgehead atoms. The number of carbonyl (C=O) groups is 1. The van der Waals surface area contributed by atoms with Crippen molar-refractivity contribution in [1.29, 1.82) is 0 Å². The van der Waals surface area contributed by atoms with Gasteiger partial charge in [0.2, 0.25) is 5.95 Å². The van der Waals surface area contributed by atoms with Crippen molar-refractivity contribution in [1.82, 2.24) is 14.9 Å². The summed E-state index contributed by atoms with van der Waals surface area (Å²) in [5, 5.41) is 23.6. The number of hydrogen-bond acceptors (Lipinski definition) is 8. The lowest BCUT2D eigenvalue weighted by Gasteiger charge is -2.36. The highest BCUT2D eigenvalue weighted by Gasteiger charge is 2.30. The van der Waals surface area contributed by atoms with Crippen molar-refractivity contribution in [2.75, 3.05) is 18.4 Å².